The molecule has 0 spiro atoms. The summed E-state index contributed by atoms with van der Waals surface area (Å²) in [6.07, 6.45) is 0.905. The molecule has 120 valence electrons. The first-order valence-corrected chi connectivity index (χ1v) is 7.72. The van der Waals surface area contributed by atoms with Crippen LogP contribution >= 0.6 is 0 Å². The van der Waals surface area contributed by atoms with Crippen LogP contribution in [-0.2, 0) is 16.0 Å². The lowest BCUT2D eigenvalue weighted by Gasteiger charge is -2.15. The molecule has 4 nitrogen and oxygen atoms in total. The molecule has 0 saturated heterocycles. The minimum absolute atomic E-state index is 0.0455. The molecule has 0 aliphatic heterocycles. The third-order valence-corrected chi connectivity index (χ3v) is 3.70. The first-order valence-electron chi connectivity index (χ1n) is 7.72. The number of carboxylic acids is 1. The van der Waals surface area contributed by atoms with Crippen LogP contribution in [0.1, 0.15) is 29.9 Å². The molecule has 2 aromatic carbocycles. The number of rotatable bonds is 8. The second-order valence-corrected chi connectivity index (χ2v) is 5.50. The highest BCUT2D eigenvalue weighted by Gasteiger charge is 2.18. The second-order valence-electron chi connectivity index (χ2n) is 5.50. The molecule has 23 heavy (non-hydrogen) atoms. The summed E-state index contributed by atoms with van der Waals surface area (Å²) in [5.74, 6) is -1.31. The number of carbonyl (C=O) groups excluding carboxylic acids is 1. The van der Waals surface area contributed by atoms with Crippen LogP contribution in [0.15, 0.2) is 60.7 Å². The van der Waals surface area contributed by atoms with Gasteiger partial charge in [0.1, 0.15) is 0 Å². The standard InChI is InChI=1S/C19H21NO3/c21-18(20-12-11-15-7-3-1-4-8-15)13-17(14-19(22)23)16-9-5-2-6-10-16/h1-10,17H,11-14H2,(H,20,21)(H,22,23)/t17-/m0/s1. The molecule has 2 N–H and O–H groups in total. The zero-order valence-electron chi connectivity index (χ0n) is 12.9. The van der Waals surface area contributed by atoms with Crippen LogP contribution in [0.5, 0.6) is 0 Å². The zero-order valence-corrected chi connectivity index (χ0v) is 12.9. The Hall–Kier alpha value is -2.62. The van der Waals surface area contributed by atoms with Crippen LogP contribution in [0, 0.1) is 0 Å². The van der Waals surface area contributed by atoms with Gasteiger partial charge in [0, 0.05) is 18.9 Å². The summed E-state index contributed by atoms with van der Waals surface area (Å²) < 4.78 is 0. The maximum Gasteiger partial charge on any atom is 0.303 e. The summed E-state index contributed by atoms with van der Waals surface area (Å²) >= 11 is 0. The Balaban J connectivity index is 1.86. The molecule has 0 saturated carbocycles. The highest BCUT2D eigenvalue weighted by atomic mass is 16.4. The van der Waals surface area contributed by atoms with Crippen LogP contribution in [0.25, 0.3) is 0 Å². The van der Waals surface area contributed by atoms with Crippen LogP contribution in [0.2, 0.25) is 0 Å². The number of nitrogens with one attached hydrogen (secondary N) is 1. The predicted molar refractivity (Wildman–Crippen MR) is 89.2 cm³/mol. The lowest BCUT2D eigenvalue weighted by atomic mass is 9.92. The second kappa shape index (κ2) is 8.73. The highest BCUT2D eigenvalue weighted by Crippen LogP contribution is 2.23. The first kappa shape index (κ1) is 16.7. The molecule has 0 bridgehead atoms. The molecule has 1 amide bonds. The van der Waals surface area contributed by atoms with Crippen molar-refractivity contribution in [3.63, 3.8) is 0 Å². The number of amides is 1. The smallest absolute Gasteiger partial charge is 0.303 e. The van der Waals surface area contributed by atoms with E-state index in [1.54, 1.807) is 0 Å². The largest absolute Gasteiger partial charge is 0.481 e. The molecular weight excluding hydrogens is 290 g/mol. The predicted octanol–water partition coefficient (Wildman–Crippen LogP) is 2.99. The Labute approximate surface area is 136 Å². The number of aliphatic carboxylic acids is 1. The summed E-state index contributed by atoms with van der Waals surface area (Å²) in [5, 5.41) is 11.9. The molecule has 2 rings (SSSR count). The van der Waals surface area contributed by atoms with E-state index in [2.05, 4.69) is 5.32 Å². The van der Waals surface area contributed by atoms with E-state index < -0.39 is 5.97 Å². The van der Waals surface area contributed by atoms with Gasteiger partial charge >= 0.3 is 5.97 Å². The van der Waals surface area contributed by atoms with Crippen LogP contribution < -0.4 is 5.32 Å². The topological polar surface area (TPSA) is 66.4 Å². The Morgan fingerprint density at radius 2 is 1.52 bits per heavy atom. The van der Waals surface area contributed by atoms with E-state index in [9.17, 15) is 9.59 Å². The van der Waals surface area contributed by atoms with Crippen LogP contribution in [0.3, 0.4) is 0 Å². The van der Waals surface area contributed by atoms with Gasteiger partial charge in [0.15, 0.2) is 0 Å². The molecule has 2 aromatic rings. The lowest BCUT2D eigenvalue weighted by Crippen LogP contribution is -2.27. The normalized spacial score (nSPS) is 11.7. The van der Waals surface area contributed by atoms with Crippen molar-refractivity contribution in [1.82, 2.24) is 5.32 Å². The third-order valence-electron chi connectivity index (χ3n) is 3.70. The zero-order chi connectivity index (χ0) is 16.5. The van der Waals surface area contributed by atoms with Gasteiger partial charge in [-0.25, -0.2) is 0 Å². The van der Waals surface area contributed by atoms with Crippen molar-refractivity contribution < 1.29 is 14.7 Å². The molecular formula is C19H21NO3. The minimum atomic E-state index is -0.893. The fourth-order valence-corrected chi connectivity index (χ4v) is 2.53. The maximum atomic E-state index is 12.1. The van der Waals surface area contributed by atoms with Crippen LogP contribution in [0.4, 0.5) is 0 Å². The Bertz CT molecular complexity index is 626. The van der Waals surface area contributed by atoms with Crippen molar-refractivity contribution in [2.75, 3.05) is 6.54 Å². The van der Waals surface area contributed by atoms with E-state index in [1.807, 2.05) is 60.7 Å². The van der Waals surface area contributed by atoms with E-state index in [0.29, 0.717) is 6.54 Å². The molecule has 0 fully saturated rings. The molecule has 0 unspecified atom stereocenters. The van der Waals surface area contributed by atoms with Gasteiger partial charge in [-0.1, -0.05) is 60.7 Å². The summed E-state index contributed by atoms with van der Waals surface area (Å²) in [4.78, 5) is 23.1. The lowest BCUT2D eigenvalue weighted by molar-refractivity contribution is -0.137. The van der Waals surface area contributed by atoms with Crippen molar-refractivity contribution >= 4 is 11.9 Å². The van der Waals surface area contributed by atoms with Gasteiger partial charge in [-0.05, 0) is 17.5 Å². The summed E-state index contributed by atoms with van der Waals surface area (Å²) in [6.45, 7) is 0.553. The van der Waals surface area contributed by atoms with Gasteiger partial charge in [0.2, 0.25) is 5.91 Å². The number of carbonyl (C=O) groups is 2. The summed E-state index contributed by atoms with van der Waals surface area (Å²) in [5.41, 5.74) is 2.05. The molecule has 0 aromatic heterocycles. The van der Waals surface area contributed by atoms with Gasteiger partial charge in [-0.2, -0.15) is 0 Å². The van der Waals surface area contributed by atoms with E-state index in [4.69, 9.17) is 5.11 Å². The molecule has 0 aliphatic carbocycles. The average molecular weight is 311 g/mol. The molecule has 4 heteroatoms. The molecule has 1 atom stereocenters. The molecule has 0 heterocycles. The van der Waals surface area contributed by atoms with E-state index in [0.717, 1.165) is 17.5 Å². The minimum Gasteiger partial charge on any atom is -0.481 e. The van der Waals surface area contributed by atoms with Crippen molar-refractivity contribution in [3.8, 4) is 0 Å². The quantitative estimate of drug-likeness (QED) is 0.787. The van der Waals surface area contributed by atoms with Crippen LogP contribution in [-0.4, -0.2) is 23.5 Å². The Kier molecular flexibility index (Phi) is 6.36. The van der Waals surface area contributed by atoms with Crippen molar-refractivity contribution in [2.24, 2.45) is 0 Å². The van der Waals surface area contributed by atoms with E-state index in [1.165, 1.54) is 0 Å². The van der Waals surface area contributed by atoms with Gasteiger partial charge in [-0.15, -0.1) is 0 Å². The number of carboxylic acid groups (broad SMARTS) is 1. The Morgan fingerprint density at radius 3 is 2.13 bits per heavy atom. The van der Waals surface area contributed by atoms with Crippen molar-refractivity contribution in [1.29, 1.82) is 0 Å². The van der Waals surface area contributed by atoms with Gasteiger partial charge in [0.25, 0.3) is 0 Å². The molecule has 0 aliphatic rings. The first-order chi connectivity index (χ1) is 11.1. The number of benzene rings is 2. The van der Waals surface area contributed by atoms with Gasteiger partial charge in [-0.3, -0.25) is 9.59 Å². The SMILES string of the molecule is O=C(O)C[C@H](CC(=O)NCCc1ccccc1)c1ccccc1. The van der Waals surface area contributed by atoms with Gasteiger partial charge < -0.3 is 10.4 Å². The Morgan fingerprint density at radius 1 is 0.913 bits per heavy atom. The summed E-state index contributed by atoms with van der Waals surface area (Å²) in [6, 6.07) is 19.3. The van der Waals surface area contributed by atoms with Crippen molar-refractivity contribution in [3.05, 3.63) is 71.8 Å². The van der Waals surface area contributed by atoms with Crippen molar-refractivity contribution in [2.45, 2.75) is 25.2 Å². The maximum absolute atomic E-state index is 12.1. The number of hydrogen-bond donors (Lipinski definition) is 2. The fraction of sp³-hybridized carbons (Fsp3) is 0.263. The average Bonchev–Trinajstić information content (AvgIpc) is 2.56. The van der Waals surface area contributed by atoms with E-state index >= 15 is 0 Å². The third kappa shape index (κ3) is 5.94. The summed E-state index contributed by atoms with van der Waals surface area (Å²) in [7, 11) is 0. The molecule has 0 radical (unpaired) electrons. The monoisotopic (exact) mass is 311 g/mol. The van der Waals surface area contributed by atoms with E-state index in [-0.39, 0.29) is 24.7 Å². The highest BCUT2D eigenvalue weighted by molar-refractivity contribution is 5.78. The number of hydrogen-bond acceptors (Lipinski definition) is 2. The van der Waals surface area contributed by atoms with Gasteiger partial charge in [0.05, 0.1) is 6.42 Å². The fourth-order valence-electron chi connectivity index (χ4n) is 2.53.